The van der Waals surface area contributed by atoms with Crippen LogP contribution in [-0.2, 0) is 6.54 Å². The van der Waals surface area contributed by atoms with Gasteiger partial charge in [-0.3, -0.25) is 20.5 Å². The van der Waals surface area contributed by atoms with Crippen molar-refractivity contribution in [3.05, 3.63) is 45.4 Å². The van der Waals surface area contributed by atoms with Crippen LogP contribution in [0.2, 0.25) is 0 Å². The molecule has 0 aliphatic heterocycles. The molecule has 9 heteroatoms. The van der Waals surface area contributed by atoms with Crippen molar-refractivity contribution in [1.29, 1.82) is 0 Å². The van der Waals surface area contributed by atoms with Crippen LogP contribution in [-0.4, -0.2) is 19.9 Å². The van der Waals surface area contributed by atoms with E-state index in [1.165, 1.54) is 6.92 Å². The molecule has 0 bridgehead atoms. The highest BCUT2D eigenvalue weighted by atomic mass is 16.6. The van der Waals surface area contributed by atoms with Crippen LogP contribution in [0.3, 0.4) is 0 Å². The number of nitrogens with zero attached hydrogens (tertiary/aromatic N) is 4. The van der Waals surface area contributed by atoms with Gasteiger partial charge in [-0.05, 0) is 31.0 Å². The van der Waals surface area contributed by atoms with Gasteiger partial charge in [-0.25, -0.2) is 10.8 Å². The number of pyridine rings is 1. The molecule has 2 aromatic rings. The lowest BCUT2D eigenvalue weighted by atomic mass is 10.1. The number of nitro groups is 1. The highest BCUT2D eigenvalue weighted by Gasteiger charge is 2.21. The first-order valence-corrected chi connectivity index (χ1v) is 6.16. The number of nitrogens with two attached hydrogens (primary N) is 1. The summed E-state index contributed by atoms with van der Waals surface area (Å²) in [4.78, 5) is 22.6. The van der Waals surface area contributed by atoms with Gasteiger partial charge >= 0.3 is 5.69 Å². The molecule has 0 saturated carbocycles. The number of aromatic nitrogens is 3. The zero-order chi connectivity index (χ0) is 15.4. The fourth-order valence-electron chi connectivity index (χ4n) is 1.83. The molecule has 2 aromatic heterocycles. The van der Waals surface area contributed by atoms with Crippen LogP contribution in [0.15, 0.2) is 18.5 Å². The van der Waals surface area contributed by atoms with E-state index in [-0.39, 0.29) is 23.1 Å². The molecule has 0 fully saturated rings. The molecule has 110 valence electrons. The van der Waals surface area contributed by atoms with Crippen LogP contribution in [0, 0.1) is 24.0 Å². The van der Waals surface area contributed by atoms with E-state index in [2.05, 4.69) is 25.7 Å². The van der Waals surface area contributed by atoms with Crippen molar-refractivity contribution >= 4 is 17.5 Å². The number of hydrogen-bond donors (Lipinski definition) is 3. The van der Waals surface area contributed by atoms with Crippen molar-refractivity contribution < 1.29 is 4.92 Å². The van der Waals surface area contributed by atoms with Crippen LogP contribution in [0.5, 0.6) is 0 Å². The third-order valence-corrected chi connectivity index (χ3v) is 2.96. The van der Waals surface area contributed by atoms with Gasteiger partial charge in [-0.15, -0.1) is 0 Å². The Morgan fingerprint density at radius 2 is 2.14 bits per heavy atom. The average Bonchev–Trinajstić information content (AvgIpc) is 2.45. The number of rotatable bonds is 5. The summed E-state index contributed by atoms with van der Waals surface area (Å²) in [5.41, 5.74) is 4.30. The Morgan fingerprint density at radius 3 is 2.76 bits per heavy atom. The van der Waals surface area contributed by atoms with E-state index in [1.807, 2.05) is 13.0 Å². The number of anilines is 2. The maximum atomic E-state index is 11.1. The lowest BCUT2D eigenvalue weighted by molar-refractivity contribution is -0.385. The van der Waals surface area contributed by atoms with Crippen LogP contribution < -0.4 is 16.6 Å². The van der Waals surface area contributed by atoms with Gasteiger partial charge in [-0.2, -0.15) is 4.98 Å². The minimum absolute atomic E-state index is 0.114. The molecule has 2 heterocycles. The van der Waals surface area contributed by atoms with Crippen molar-refractivity contribution in [2.75, 3.05) is 10.7 Å². The number of nitrogens with one attached hydrogen (secondary N) is 2. The fraction of sp³-hybridized carbons (Fsp3) is 0.250. The molecule has 21 heavy (non-hydrogen) atoms. The zero-order valence-corrected chi connectivity index (χ0v) is 11.6. The van der Waals surface area contributed by atoms with Gasteiger partial charge in [-0.1, -0.05) is 0 Å². The van der Waals surface area contributed by atoms with Gasteiger partial charge in [0.25, 0.3) is 0 Å². The van der Waals surface area contributed by atoms with Crippen molar-refractivity contribution in [2.45, 2.75) is 20.4 Å². The van der Waals surface area contributed by atoms with E-state index in [1.54, 1.807) is 12.4 Å². The molecule has 0 spiro atoms. The van der Waals surface area contributed by atoms with E-state index in [0.29, 0.717) is 6.54 Å². The first-order valence-electron chi connectivity index (χ1n) is 6.16. The standard InChI is InChI=1S/C12H15N7O2/c1-7-3-4-14-5-9(7)6-15-11-10(19(20)21)8(2)16-12(17-11)18-13/h3-5H,6,13H2,1-2H3,(H2,15,16,17,18). The number of hydrazine groups is 1. The molecule has 0 amide bonds. The second-order valence-electron chi connectivity index (χ2n) is 4.39. The van der Waals surface area contributed by atoms with Crippen molar-refractivity contribution in [3.63, 3.8) is 0 Å². The number of nitrogen functional groups attached to an aromatic ring is 1. The molecule has 9 nitrogen and oxygen atoms in total. The Labute approximate surface area is 120 Å². The largest absolute Gasteiger partial charge is 0.360 e. The summed E-state index contributed by atoms with van der Waals surface area (Å²) < 4.78 is 0. The first-order chi connectivity index (χ1) is 10.0. The summed E-state index contributed by atoms with van der Waals surface area (Å²) in [6.07, 6.45) is 3.39. The van der Waals surface area contributed by atoms with E-state index < -0.39 is 4.92 Å². The summed E-state index contributed by atoms with van der Waals surface area (Å²) in [6, 6.07) is 1.86. The summed E-state index contributed by atoms with van der Waals surface area (Å²) in [5, 5.41) is 14.1. The molecule has 4 N–H and O–H groups in total. The smallest absolute Gasteiger partial charge is 0.332 e. The molecule has 0 radical (unpaired) electrons. The second-order valence-corrected chi connectivity index (χ2v) is 4.39. The summed E-state index contributed by atoms with van der Waals surface area (Å²) in [7, 11) is 0. The van der Waals surface area contributed by atoms with E-state index in [0.717, 1.165) is 11.1 Å². The van der Waals surface area contributed by atoms with E-state index in [9.17, 15) is 10.1 Å². The SMILES string of the molecule is Cc1ccncc1CNc1nc(NN)nc(C)c1[N+](=O)[O-]. The summed E-state index contributed by atoms with van der Waals surface area (Å²) in [6.45, 7) is 3.83. The lowest BCUT2D eigenvalue weighted by Gasteiger charge is -2.10. The third kappa shape index (κ3) is 3.20. The second kappa shape index (κ2) is 6.09. The number of aryl methyl sites for hydroxylation is 2. The van der Waals surface area contributed by atoms with Gasteiger partial charge in [0.2, 0.25) is 11.8 Å². The van der Waals surface area contributed by atoms with E-state index >= 15 is 0 Å². The monoisotopic (exact) mass is 289 g/mol. The molecular weight excluding hydrogens is 274 g/mol. The van der Waals surface area contributed by atoms with Crippen LogP contribution in [0.1, 0.15) is 16.8 Å². The summed E-state index contributed by atoms with van der Waals surface area (Å²) >= 11 is 0. The van der Waals surface area contributed by atoms with Gasteiger partial charge in [0, 0.05) is 18.9 Å². The molecular formula is C12H15N7O2. The number of hydrogen-bond acceptors (Lipinski definition) is 8. The molecule has 0 aliphatic carbocycles. The molecule has 2 rings (SSSR count). The van der Waals surface area contributed by atoms with Crippen molar-refractivity contribution in [3.8, 4) is 0 Å². The Kier molecular flexibility index (Phi) is 4.24. The van der Waals surface area contributed by atoms with Crippen molar-refractivity contribution in [2.24, 2.45) is 5.84 Å². The Morgan fingerprint density at radius 1 is 1.38 bits per heavy atom. The minimum Gasteiger partial charge on any atom is -0.360 e. The molecule has 0 atom stereocenters. The van der Waals surface area contributed by atoms with Crippen LogP contribution in [0.4, 0.5) is 17.5 Å². The topological polar surface area (TPSA) is 132 Å². The van der Waals surface area contributed by atoms with Crippen molar-refractivity contribution in [1.82, 2.24) is 15.0 Å². The van der Waals surface area contributed by atoms with Gasteiger partial charge in [0.05, 0.1) is 4.92 Å². The van der Waals surface area contributed by atoms with E-state index in [4.69, 9.17) is 5.84 Å². The van der Waals surface area contributed by atoms with Gasteiger partial charge in [0.15, 0.2) is 0 Å². The molecule has 0 aliphatic rings. The molecule has 0 unspecified atom stereocenters. The average molecular weight is 289 g/mol. The maximum Gasteiger partial charge on any atom is 0.332 e. The highest BCUT2D eigenvalue weighted by molar-refractivity contribution is 5.60. The predicted molar refractivity (Wildman–Crippen MR) is 77.5 cm³/mol. The minimum atomic E-state index is -0.520. The maximum absolute atomic E-state index is 11.1. The van der Waals surface area contributed by atoms with Crippen LogP contribution in [0.25, 0.3) is 0 Å². The quantitative estimate of drug-likeness (QED) is 0.426. The predicted octanol–water partition coefficient (Wildman–Crippen LogP) is 1.29. The Hall–Kier alpha value is -2.81. The third-order valence-electron chi connectivity index (χ3n) is 2.96. The van der Waals surface area contributed by atoms with Crippen LogP contribution >= 0.6 is 0 Å². The summed E-state index contributed by atoms with van der Waals surface area (Å²) in [5.74, 6) is 5.49. The van der Waals surface area contributed by atoms with Gasteiger partial charge in [0.1, 0.15) is 5.69 Å². The first kappa shape index (κ1) is 14.6. The lowest BCUT2D eigenvalue weighted by Crippen LogP contribution is -2.14. The normalized spacial score (nSPS) is 10.2. The zero-order valence-electron chi connectivity index (χ0n) is 11.6. The highest BCUT2D eigenvalue weighted by Crippen LogP contribution is 2.26. The Bertz CT molecular complexity index is 675. The molecule has 0 aromatic carbocycles. The Balaban J connectivity index is 2.32. The fourth-order valence-corrected chi connectivity index (χ4v) is 1.83. The molecule has 0 saturated heterocycles. The van der Waals surface area contributed by atoms with Gasteiger partial charge < -0.3 is 5.32 Å².